The van der Waals surface area contributed by atoms with Crippen LogP contribution in [0.25, 0.3) is 11.3 Å². The molecular weight excluding hydrogens is 348 g/mol. The molecule has 25 heavy (non-hydrogen) atoms. The third-order valence-corrected chi connectivity index (χ3v) is 4.08. The minimum Gasteiger partial charge on any atom is -0.455 e. The van der Waals surface area contributed by atoms with E-state index in [-0.39, 0.29) is 17.1 Å². The molecule has 0 atom stereocenters. The van der Waals surface area contributed by atoms with Crippen LogP contribution in [0.2, 0.25) is 0 Å². The smallest absolute Gasteiger partial charge is 0.339 e. The molecular formula is C18H13F2NO3S. The molecule has 1 heterocycles. The number of rotatable bonds is 6. The van der Waals surface area contributed by atoms with Gasteiger partial charge in [0.15, 0.2) is 5.76 Å². The van der Waals surface area contributed by atoms with Gasteiger partial charge < -0.3 is 9.26 Å². The summed E-state index contributed by atoms with van der Waals surface area (Å²) < 4.78 is 35.5. The molecule has 0 saturated heterocycles. The van der Waals surface area contributed by atoms with Crippen molar-refractivity contribution in [3.63, 3.8) is 0 Å². The second kappa shape index (κ2) is 7.94. The Hall–Kier alpha value is -2.67. The molecule has 2 aromatic carbocycles. The van der Waals surface area contributed by atoms with Gasteiger partial charge in [-0.2, -0.15) is 8.78 Å². The lowest BCUT2D eigenvalue weighted by Gasteiger charge is -2.07. The highest BCUT2D eigenvalue weighted by Gasteiger charge is 2.17. The predicted octanol–water partition coefficient (Wildman–Crippen LogP) is 5.01. The van der Waals surface area contributed by atoms with E-state index < -0.39 is 11.7 Å². The van der Waals surface area contributed by atoms with E-state index in [1.807, 2.05) is 30.3 Å². The van der Waals surface area contributed by atoms with Crippen molar-refractivity contribution in [3.8, 4) is 11.3 Å². The van der Waals surface area contributed by atoms with E-state index in [9.17, 15) is 13.6 Å². The molecule has 128 valence electrons. The summed E-state index contributed by atoms with van der Waals surface area (Å²) in [6.07, 6.45) is 0. The van der Waals surface area contributed by atoms with Crippen LogP contribution in [0.3, 0.4) is 0 Å². The molecule has 0 amide bonds. The summed E-state index contributed by atoms with van der Waals surface area (Å²) in [5, 5.41) is 3.85. The molecule has 0 aliphatic carbocycles. The molecule has 0 fully saturated rings. The normalized spacial score (nSPS) is 10.8. The maximum Gasteiger partial charge on any atom is 0.339 e. The van der Waals surface area contributed by atoms with Gasteiger partial charge in [-0.15, -0.1) is 0 Å². The van der Waals surface area contributed by atoms with Gasteiger partial charge in [-0.05, 0) is 12.1 Å². The Morgan fingerprint density at radius 2 is 1.84 bits per heavy atom. The number of ether oxygens (including phenoxy) is 1. The zero-order valence-corrected chi connectivity index (χ0v) is 13.7. The second-order valence-electron chi connectivity index (χ2n) is 5.00. The number of hydrogen-bond donors (Lipinski definition) is 0. The zero-order valence-electron chi connectivity index (χ0n) is 12.9. The van der Waals surface area contributed by atoms with Crippen molar-refractivity contribution in [3.05, 3.63) is 71.9 Å². The zero-order chi connectivity index (χ0) is 17.6. The first-order valence-corrected chi connectivity index (χ1v) is 8.23. The highest BCUT2D eigenvalue weighted by molar-refractivity contribution is 7.99. The Bertz CT molecular complexity index is 852. The maximum atomic E-state index is 12.6. The van der Waals surface area contributed by atoms with Crippen LogP contribution in [0.1, 0.15) is 16.1 Å². The quantitative estimate of drug-likeness (QED) is 0.456. The van der Waals surface area contributed by atoms with Gasteiger partial charge in [0.05, 0.1) is 5.56 Å². The van der Waals surface area contributed by atoms with E-state index in [0.717, 1.165) is 5.56 Å². The molecule has 3 rings (SSSR count). The van der Waals surface area contributed by atoms with Gasteiger partial charge in [0.1, 0.15) is 12.3 Å². The summed E-state index contributed by atoms with van der Waals surface area (Å²) in [7, 11) is 0. The van der Waals surface area contributed by atoms with Crippen molar-refractivity contribution in [1.82, 2.24) is 5.16 Å². The third kappa shape index (κ3) is 4.45. The van der Waals surface area contributed by atoms with Crippen LogP contribution in [0.5, 0.6) is 0 Å². The standard InChI is InChI=1S/C18H13F2NO3S/c19-18(20)25-16-9-5-4-8-14(16)17(22)23-11-13-10-15(24-21-13)12-6-2-1-3-7-12/h1-10,18H,11H2. The molecule has 0 aliphatic heterocycles. The average Bonchev–Trinajstić information content (AvgIpc) is 3.09. The van der Waals surface area contributed by atoms with Crippen LogP contribution < -0.4 is 0 Å². The highest BCUT2D eigenvalue weighted by Crippen LogP contribution is 2.29. The first kappa shape index (κ1) is 17.2. The number of halogens is 2. The fourth-order valence-electron chi connectivity index (χ4n) is 2.17. The second-order valence-corrected chi connectivity index (χ2v) is 6.03. The summed E-state index contributed by atoms with van der Waals surface area (Å²) in [6.45, 7) is -0.108. The SMILES string of the molecule is O=C(OCc1cc(-c2ccccc2)on1)c1ccccc1SC(F)F. The van der Waals surface area contributed by atoms with E-state index in [4.69, 9.17) is 9.26 Å². The molecule has 7 heteroatoms. The lowest BCUT2D eigenvalue weighted by Crippen LogP contribution is -2.07. The fourth-order valence-corrected chi connectivity index (χ4v) is 2.80. The van der Waals surface area contributed by atoms with E-state index in [1.165, 1.54) is 12.1 Å². The lowest BCUT2D eigenvalue weighted by molar-refractivity contribution is 0.0460. The lowest BCUT2D eigenvalue weighted by atomic mass is 10.2. The van der Waals surface area contributed by atoms with Crippen molar-refractivity contribution in [2.45, 2.75) is 17.3 Å². The summed E-state index contributed by atoms with van der Waals surface area (Å²) in [5.74, 6) is -2.74. The van der Waals surface area contributed by atoms with Crippen LogP contribution in [0.4, 0.5) is 8.78 Å². The third-order valence-electron chi connectivity index (χ3n) is 3.29. The Morgan fingerprint density at radius 1 is 1.12 bits per heavy atom. The molecule has 0 bridgehead atoms. The molecule has 4 nitrogen and oxygen atoms in total. The van der Waals surface area contributed by atoms with Crippen molar-refractivity contribution < 1.29 is 22.8 Å². The molecule has 0 saturated carbocycles. The number of alkyl halides is 2. The van der Waals surface area contributed by atoms with Gasteiger partial charge in [0.25, 0.3) is 5.76 Å². The number of thioether (sulfide) groups is 1. The number of aromatic nitrogens is 1. The summed E-state index contributed by atoms with van der Waals surface area (Å²) in [4.78, 5) is 12.3. The predicted molar refractivity (Wildman–Crippen MR) is 89.4 cm³/mol. The van der Waals surface area contributed by atoms with Crippen LogP contribution in [0.15, 0.2) is 70.1 Å². The van der Waals surface area contributed by atoms with E-state index >= 15 is 0 Å². The Balaban J connectivity index is 1.66. The summed E-state index contributed by atoms with van der Waals surface area (Å²) >= 11 is 0.308. The maximum absolute atomic E-state index is 12.6. The molecule has 0 radical (unpaired) electrons. The Morgan fingerprint density at radius 3 is 2.60 bits per heavy atom. The Labute approximate surface area is 146 Å². The minimum absolute atomic E-state index is 0.0968. The molecule has 0 unspecified atom stereocenters. The van der Waals surface area contributed by atoms with E-state index in [2.05, 4.69) is 5.16 Å². The highest BCUT2D eigenvalue weighted by atomic mass is 32.2. The summed E-state index contributed by atoms with van der Waals surface area (Å²) in [6, 6.07) is 17.1. The largest absolute Gasteiger partial charge is 0.455 e. The van der Waals surface area contributed by atoms with Gasteiger partial charge in [0, 0.05) is 16.5 Å². The monoisotopic (exact) mass is 361 g/mol. The van der Waals surface area contributed by atoms with Gasteiger partial charge in [-0.25, -0.2) is 4.79 Å². The topological polar surface area (TPSA) is 52.3 Å². The van der Waals surface area contributed by atoms with Crippen LogP contribution in [-0.2, 0) is 11.3 Å². The first-order valence-electron chi connectivity index (χ1n) is 7.35. The van der Waals surface area contributed by atoms with Gasteiger partial charge in [-0.1, -0.05) is 59.4 Å². The van der Waals surface area contributed by atoms with E-state index in [1.54, 1.807) is 18.2 Å². The van der Waals surface area contributed by atoms with Gasteiger partial charge in [0.2, 0.25) is 0 Å². The summed E-state index contributed by atoms with van der Waals surface area (Å²) in [5.41, 5.74) is 1.39. The van der Waals surface area contributed by atoms with Crippen molar-refractivity contribution in [2.75, 3.05) is 0 Å². The number of hydrogen-bond acceptors (Lipinski definition) is 5. The molecule has 0 N–H and O–H groups in total. The van der Waals surface area contributed by atoms with Gasteiger partial charge >= 0.3 is 5.97 Å². The number of nitrogens with zero attached hydrogens (tertiary/aromatic N) is 1. The van der Waals surface area contributed by atoms with Crippen molar-refractivity contribution in [1.29, 1.82) is 0 Å². The van der Waals surface area contributed by atoms with E-state index in [0.29, 0.717) is 23.2 Å². The number of carbonyl (C=O) groups is 1. The van der Waals surface area contributed by atoms with Crippen LogP contribution in [-0.4, -0.2) is 16.9 Å². The number of benzene rings is 2. The number of carbonyl (C=O) groups excluding carboxylic acids is 1. The van der Waals surface area contributed by atoms with Gasteiger partial charge in [-0.3, -0.25) is 0 Å². The molecule has 1 aromatic heterocycles. The number of esters is 1. The molecule has 0 aliphatic rings. The van der Waals surface area contributed by atoms with Crippen LogP contribution >= 0.6 is 11.8 Å². The fraction of sp³-hybridized carbons (Fsp3) is 0.111. The Kier molecular flexibility index (Phi) is 5.45. The minimum atomic E-state index is -2.61. The first-order chi connectivity index (χ1) is 12.1. The average molecular weight is 361 g/mol. The van der Waals surface area contributed by atoms with Crippen molar-refractivity contribution in [2.24, 2.45) is 0 Å². The van der Waals surface area contributed by atoms with Crippen LogP contribution in [0, 0.1) is 0 Å². The van der Waals surface area contributed by atoms with Crippen molar-refractivity contribution >= 4 is 17.7 Å². The molecule has 3 aromatic rings. The molecule has 0 spiro atoms.